The molecule has 15 heteroatoms. The van der Waals surface area contributed by atoms with Crippen LogP contribution >= 0.6 is 0 Å². The van der Waals surface area contributed by atoms with Gasteiger partial charge in [0.25, 0.3) is 5.39 Å². The molecule has 0 spiro atoms. The molecular formula is C19H10N6O8S. The average Bonchev–Trinajstić information content (AvgIpc) is 2.81. The highest BCUT2D eigenvalue weighted by Crippen LogP contribution is 2.40. The lowest BCUT2D eigenvalue weighted by atomic mass is 10.0. The van der Waals surface area contributed by atoms with Gasteiger partial charge in [0, 0.05) is 11.6 Å². The Bertz CT molecular complexity index is 1700. The Morgan fingerprint density at radius 2 is 1.74 bits per heavy atom. The van der Waals surface area contributed by atoms with Gasteiger partial charge in [-0.2, -0.15) is 8.42 Å². The Labute approximate surface area is 188 Å². The molecule has 0 aliphatic rings. The number of carbonyl (C=O) groups is 1. The Kier molecular flexibility index (Phi) is 6.36. The van der Waals surface area contributed by atoms with Crippen LogP contribution in [-0.2, 0) is 10.1 Å². The number of diazo groups is 1. The molecule has 0 aliphatic carbocycles. The van der Waals surface area contributed by atoms with Crippen LogP contribution < -0.4 is 25.8 Å². The molecule has 14 nitrogen and oxygen atoms in total. The highest BCUT2D eigenvalue weighted by atomic mass is 32.2. The van der Waals surface area contributed by atoms with Crippen molar-refractivity contribution in [2.75, 3.05) is 0 Å². The third-order valence-electron chi connectivity index (χ3n) is 4.30. The summed E-state index contributed by atoms with van der Waals surface area (Å²) in [6.07, 6.45) is 0. The zero-order valence-corrected chi connectivity index (χ0v) is 17.4. The van der Waals surface area contributed by atoms with E-state index in [4.69, 9.17) is 15.1 Å². The minimum absolute atomic E-state index is 0.0767. The fraction of sp³-hybridized carbons (Fsp3) is 0. The zero-order valence-electron chi connectivity index (χ0n) is 16.6. The summed E-state index contributed by atoms with van der Waals surface area (Å²) in [6.45, 7) is 0. The third kappa shape index (κ3) is 4.28. The van der Waals surface area contributed by atoms with Crippen LogP contribution in [0.15, 0.2) is 78.4 Å². The van der Waals surface area contributed by atoms with Gasteiger partial charge in [0.05, 0.1) is 10.9 Å². The molecule has 2 N–H and O–H groups in total. The minimum Gasteiger partial charge on any atom is -0.504 e. The quantitative estimate of drug-likeness (QED) is 0.0929. The van der Waals surface area contributed by atoms with E-state index in [0.29, 0.717) is 0 Å². The smallest absolute Gasteiger partial charge is 0.341 e. The standard InChI is InChI=1S/C19H9N6O8S/c20-24-22-14-13(8-12(27)17(29)15(14)23-25-21)34(31,32)33-19-10(6-7-11(26)18(19)30)16(28)9-4-2-1-3-5-9/h1-8,20H/q-1/p+1. The molecule has 0 saturated carbocycles. The van der Waals surface area contributed by atoms with Crippen LogP contribution in [0.4, 0.5) is 0 Å². The van der Waals surface area contributed by atoms with E-state index in [1.807, 2.05) is 0 Å². The molecule has 34 heavy (non-hydrogen) atoms. The van der Waals surface area contributed by atoms with Crippen LogP contribution in [0.1, 0.15) is 15.9 Å². The van der Waals surface area contributed by atoms with Crippen LogP contribution in [0.2, 0.25) is 0 Å². The SMILES string of the molecule is N#[N+]N=c1c(S(=O)(=O)Oc2c(C(=O)c3ccccc3)ccc(O)c2O)cc(=O)c(=O)c1=NN=[N-]. The maximum Gasteiger partial charge on any atom is 0.341 e. The van der Waals surface area contributed by atoms with Crippen molar-refractivity contribution >= 4 is 15.9 Å². The van der Waals surface area contributed by atoms with E-state index in [2.05, 4.69) is 20.5 Å². The van der Waals surface area contributed by atoms with Crippen LogP contribution in [0.3, 0.4) is 0 Å². The topological polar surface area (TPSA) is 223 Å². The molecule has 0 fully saturated rings. The number of benzene rings is 3. The fourth-order valence-corrected chi connectivity index (χ4v) is 3.89. The summed E-state index contributed by atoms with van der Waals surface area (Å²) in [5.41, 5.74) is 5.33. The zero-order chi connectivity index (χ0) is 25.0. The Hall–Kier alpha value is -5.10. The van der Waals surface area contributed by atoms with E-state index in [1.165, 1.54) is 24.3 Å². The van der Waals surface area contributed by atoms with E-state index >= 15 is 0 Å². The second-order valence-corrected chi connectivity index (χ2v) is 7.84. The van der Waals surface area contributed by atoms with E-state index in [-0.39, 0.29) is 11.6 Å². The van der Waals surface area contributed by atoms with E-state index in [1.54, 1.807) is 6.07 Å². The Morgan fingerprint density at radius 1 is 1.06 bits per heavy atom. The van der Waals surface area contributed by atoms with Crippen LogP contribution in [-0.4, -0.2) is 24.4 Å². The summed E-state index contributed by atoms with van der Waals surface area (Å²) in [5.74, 6) is -3.79. The number of ketones is 1. The van der Waals surface area contributed by atoms with Gasteiger partial charge in [0.1, 0.15) is 4.90 Å². The first-order valence-corrected chi connectivity index (χ1v) is 10.3. The summed E-state index contributed by atoms with van der Waals surface area (Å²) in [7, 11) is -5.23. The first-order valence-electron chi connectivity index (χ1n) is 8.86. The molecule has 0 aliphatic heterocycles. The highest BCUT2D eigenvalue weighted by Gasteiger charge is 2.29. The fourth-order valence-electron chi connectivity index (χ4n) is 2.79. The van der Waals surface area contributed by atoms with E-state index < -0.39 is 65.2 Å². The molecular weight excluding hydrogens is 472 g/mol. The highest BCUT2D eigenvalue weighted by molar-refractivity contribution is 7.87. The normalized spacial score (nSPS) is 12.2. The molecule has 0 aromatic heterocycles. The molecule has 170 valence electrons. The van der Waals surface area contributed by atoms with Gasteiger partial charge in [-0.25, -0.2) is 0 Å². The van der Waals surface area contributed by atoms with Crippen molar-refractivity contribution in [1.82, 2.24) is 0 Å². The number of hydrogen-bond acceptors (Lipinski definition) is 11. The van der Waals surface area contributed by atoms with Gasteiger partial charge < -0.3 is 25.0 Å². The number of phenolic OH excluding ortho intramolecular Hbond substituents is 2. The van der Waals surface area contributed by atoms with Crippen molar-refractivity contribution in [2.24, 2.45) is 15.4 Å². The second kappa shape index (κ2) is 9.18. The number of phenols is 2. The lowest BCUT2D eigenvalue weighted by Gasteiger charge is -2.13. The number of aromatic hydroxyl groups is 2. The predicted molar refractivity (Wildman–Crippen MR) is 111 cm³/mol. The van der Waals surface area contributed by atoms with E-state index in [0.717, 1.165) is 12.1 Å². The van der Waals surface area contributed by atoms with Crippen molar-refractivity contribution in [3.63, 3.8) is 0 Å². The van der Waals surface area contributed by atoms with Gasteiger partial charge in [-0.3, -0.25) is 19.6 Å². The number of nitrogens with zero attached hydrogens (tertiary/aromatic N) is 6. The van der Waals surface area contributed by atoms with Gasteiger partial charge >= 0.3 is 15.2 Å². The molecule has 0 heterocycles. The molecule has 0 bridgehead atoms. The third-order valence-corrected chi connectivity index (χ3v) is 5.54. The molecule has 3 aromatic rings. The van der Waals surface area contributed by atoms with Crippen LogP contribution in [0.25, 0.3) is 10.6 Å². The number of hydrogen-bond donors (Lipinski definition) is 2. The van der Waals surface area contributed by atoms with Crippen molar-refractivity contribution in [1.29, 1.82) is 5.39 Å². The Balaban J connectivity index is 2.30. The average molecular weight is 482 g/mol. The first kappa shape index (κ1) is 23.6. The molecule has 3 aromatic carbocycles. The van der Waals surface area contributed by atoms with E-state index in [9.17, 15) is 33.0 Å². The van der Waals surface area contributed by atoms with Gasteiger partial charge in [0.2, 0.25) is 16.6 Å². The molecule has 0 amide bonds. The number of rotatable bonds is 6. The van der Waals surface area contributed by atoms with Gasteiger partial charge in [-0.05, 0) is 12.1 Å². The second-order valence-electron chi connectivity index (χ2n) is 6.32. The Morgan fingerprint density at radius 3 is 2.35 bits per heavy atom. The van der Waals surface area contributed by atoms with Crippen molar-refractivity contribution in [3.05, 3.63) is 101 Å². The number of carbonyl (C=O) groups excluding carboxylic acids is 1. The molecule has 0 unspecified atom stereocenters. The monoisotopic (exact) mass is 482 g/mol. The maximum atomic E-state index is 13.0. The van der Waals surface area contributed by atoms with Gasteiger partial charge in [0.15, 0.2) is 27.7 Å². The predicted octanol–water partition coefficient (Wildman–Crippen LogP) is 0.199. The van der Waals surface area contributed by atoms with Crippen LogP contribution in [0, 0.1) is 5.39 Å². The summed E-state index contributed by atoms with van der Waals surface area (Å²) in [4.78, 5) is 35.7. The first-order chi connectivity index (χ1) is 16.1. The minimum atomic E-state index is -5.23. The van der Waals surface area contributed by atoms with Crippen molar-refractivity contribution in [2.45, 2.75) is 4.90 Å². The molecule has 0 radical (unpaired) electrons. The maximum absolute atomic E-state index is 13.0. The molecule has 3 rings (SSSR count). The van der Waals surface area contributed by atoms with Crippen LogP contribution in [0.5, 0.6) is 17.2 Å². The van der Waals surface area contributed by atoms with Crippen molar-refractivity contribution < 1.29 is 27.6 Å². The van der Waals surface area contributed by atoms with Gasteiger partial charge in [-0.1, -0.05) is 30.3 Å². The van der Waals surface area contributed by atoms with Crippen molar-refractivity contribution in [3.8, 4) is 17.2 Å². The lowest BCUT2D eigenvalue weighted by Crippen LogP contribution is -2.49. The molecule has 0 atom stereocenters. The summed E-state index contributed by atoms with van der Waals surface area (Å²) in [5, 5.41) is 37.3. The summed E-state index contributed by atoms with van der Waals surface area (Å²) < 4.78 is 30.9. The lowest BCUT2D eigenvalue weighted by molar-refractivity contribution is 0.103. The molecule has 0 saturated heterocycles. The van der Waals surface area contributed by atoms with Gasteiger partial charge in [-0.15, -0.1) is 0 Å². The summed E-state index contributed by atoms with van der Waals surface area (Å²) in [6, 6.07) is 9.61. The largest absolute Gasteiger partial charge is 0.504 e. The summed E-state index contributed by atoms with van der Waals surface area (Å²) >= 11 is 0.